The van der Waals surface area contributed by atoms with Crippen LogP contribution in [-0.4, -0.2) is 56.9 Å². The molecular formula is C19H23N5O2. The molecule has 0 atom stereocenters. The van der Waals surface area contributed by atoms with Gasteiger partial charge in [0.15, 0.2) is 5.65 Å². The number of phenolic OH excluding ortho intramolecular Hbond substituents is 1. The zero-order chi connectivity index (χ0) is 17.9. The summed E-state index contributed by atoms with van der Waals surface area (Å²) in [4.78, 5) is 17.0. The number of nitrogens with zero attached hydrogens (tertiary/aromatic N) is 5. The molecule has 1 aromatic carbocycles. The van der Waals surface area contributed by atoms with Gasteiger partial charge in [-0.15, -0.1) is 5.10 Å². The predicted octanol–water partition coefficient (Wildman–Crippen LogP) is 1.41. The lowest BCUT2D eigenvalue weighted by Crippen LogP contribution is -2.46. The third kappa shape index (κ3) is 3.43. The second-order valence-electron chi connectivity index (χ2n) is 6.64. The highest BCUT2D eigenvalue weighted by Crippen LogP contribution is 2.21. The number of aryl methyl sites for hydroxylation is 1. The molecular weight excluding hydrogens is 330 g/mol. The maximum Gasteiger partial charge on any atom is 0.350 e. The van der Waals surface area contributed by atoms with Crippen LogP contribution in [0.2, 0.25) is 0 Å². The van der Waals surface area contributed by atoms with Crippen molar-refractivity contribution >= 4 is 11.3 Å². The van der Waals surface area contributed by atoms with Gasteiger partial charge in [0, 0.05) is 57.2 Å². The van der Waals surface area contributed by atoms with Crippen molar-refractivity contribution in [2.75, 3.05) is 37.6 Å². The molecule has 7 nitrogen and oxygen atoms in total. The minimum atomic E-state index is -0.0747. The van der Waals surface area contributed by atoms with Crippen molar-refractivity contribution in [2.24, 2.45) is 0 Å². The van der Waals surface area contributed by atoms with Gasteiger partial charge in [0.1, 0.15) is 5.75 Å². The zero-order valence-electron chi connectivity index (χ0n) is 14.7. The summed E-state index contributed by atoms with van der Waals surface area (Å²) in [6, 6.07) is 13.0. The van der Waals surface area contributed by atoms with E-state index in [1.807, 2.05) is 36.4 Å². The van der Waals surface area contributed by atoms with E-state index in [2.05, 4.69) is 14.9 Å². The van der Waals surface area contributed by atoms with E-state index in [-0.39, 0.29) is 5.69 Å². The number of phenols is 1. The fraction of sp³-hybridized carbons (Fsp3) is 0.368. The topological polar surface area (TPSA) is 66.0 Å². The highest BCUT2D eigenvalue weighted by atomic mass is 16.3. The van der Waals surface area contributed by atoms with Crippen LogP contribution in [0.25, 0.3) is 5.65 Å². The summed E-state index contributed by atoms with van der Waals surface area (Å²) in [7, 11) is 0. The highest BCUT2D eigenvalue weighted by Gasteiger charge is 2.17. The molecule has 4 rings (SSSR count). The maximum absolute atomic E-state index is 12.3. The Morgan fingerprint density at radius 1 is 1.00 bits per heavy atom. The van der Waals surface area contributed by atoms with E-state index in [9.17, 15) is 9.90 Å². The second-order valence-corrected chi connectivity index (χ2v) is 6.64. The normalized spacial score (nSPS) is 15.6. The number of fused-ring (bicyclic) bond motifs is 1. The molecule has 2 aromatic heterocycles. The average Bonchev–Trinajstić information content (AvgIpc) is 2.99. The summed E-state index contributed by atoms with van der Waals surface area (Å²) in [5.74, 6) is 0.308. The number of hydrogen-bond acceptors (Lipinski definition) is 5. The van der Waals surface area contributed by atoms with Crippen molar-refractivity contribution in [1.82, 2.24) is 19.1 Å². The fourth-order valence-electron chi connectivity index (χ4n) is 3.48. The number of aromatic hydroxyl groups is 1. The number of hydrogen-bond donors (Lipinski definition) is 1. The van der Waals surface area contributed by atoms with Crippen LogP contribution in [0.3, 0.4) is 0 Å². The van der Waals surface area contributed by atoms with Gasteiger partial charge in [0.05, 0.1) is 0 Å². The van der Waals surface area contributed by atoms with Crippen molar-refractivity contribution in [3.05, 3.63) is 59.1 Å². The van der Waals surface area contributed by atoms with Crippen LogP contribution in [0.15, 0.2) is 53.5 Å². The Balaban J connectivity index is 1.28. The van der Waals surface area contributed by atoms with Crippen molar-refractivity contribution in [1.29, 1.82) is 0 Å². The Morgan fingerprint density at radius 3 is 2.62 bits per heavy atom. The molecule has 0 aliphatic carbocycles. The summed E-state index contributed by atoms with van der Waals surface area (Å²) in [5, 5.41) is 14.0. The molecule has 0 radical (unpaired) electrons. The van der Waals surface area contributed by atoms with Crippen molar-refractivity contribution < 1.29 is 5.11 Å². The van der Waals surface area contributed by atoms with Crippen molar-refractivity contribution in [2.45, 2.75) is 13.0 Å². The molecule has 1 aliphatic rings. The Bertz CT molecular complexity index is 940. The molecule has 0 saturated carbocycles. The summed E-state index contributed by atoms with van der Waals surface area (Å²) in [6.45, 7) is 5.43. The number of anilines is 1. The molecule has 3 aromatic rings. The van der Waals surface area contributed by atoms with E-state index < -0.39 is 0 Å². The monoisotopic (exact) mass is 353 g/mol. The molecule has 1 fully saturated rings. The fourth-order valence-corrected chi connectivity index (χ4v) is 3.48. The Morgan fingerprint density at radius 2 is 1.85 bits per heavy atom. The second kappa shape index (κ2) is 7.21. The largest absolute Gasteiger partial charge is 0.508 e. The van der Waals surface area contributed by atoms with E-state index in [4.69, 9.17) is 0 Å². The van der Waals surface area contributed by atoms with Crippen LogP contribution in [0, 0.1) is 0 Å². The Labute approximate surface area is 151 Å². The standard InChI is InChI=1S/C19H23N5O2/c25-17-6-3-5-16(15-17)22-13-11-21(12-14-22)8-4-10-24-19(26)23-9-2-1-7-18(23)20-24/h1-3,5-7,9,15,25H,4,8,10-14H2. The maximum atomic E-state index is 12.3. The lowest BCUT2D eigenvalue weighted by atomic mass is 10.2. The summed E-state index contributed by atoms with van der Waals surface area (Å²) in [6.07, 6.45) is 2.65. The van der Waals surface area contributed by atoms with Gasteiger partial charge in [-0.05, 0) is 30.7 Å². The molecule has 0 bridgehead atoms. The van der Waals surface area contributed by atoms with Gasteiger partial charge in [0.2, 0.25) is 0 Å². The minimum Gasteiger partial charge on any atom is -0.508 e. The van der Waals surface area contributed by atoms with Crippen LogP contribution in [0.5, 0.6) is 5.75 Å². The first-order chi connectivity index (χ1) is 12.7. The number of rotatable bonds is 5. The van der Waals surface area contributed by atoms with E-state index in [0.717, 1.165) is 44.8 Å². The van der Waals surface area contributed by atoms with E-state index >= 15 is 0 Å². The molecule has 0 unspecified atom stereocenters. The summed E-state index contributed by atoms with van der Waals surface area (Å²) in [5.41, 5.74) is 1.69. The van der Waals surface area contributed by atoms with Gasteiger partial charge >= 0.3 is 5.69 Å². The van der Waals surface area contributed by atoms with Gasteiger partial charge in [0.25, 0.3) is 0 Å². The first-order valence-electron chi connectivity index (χ1n) is 9.01. The summed E-state index contributed by atoms with van der Waals surface area (Å²) < 4.78 is 3.13. The molecule has 1 aliphatic heterocycles. The van der Waals surface area contributed by atoms with Crippen LogP contribution >= 0.6 is 0 Å². The zero-order valence-corrected chi connectivity index (χ0v) is 14.7. The molecule has 1 saturated heterocycles. The van der Waals surface area contributed by atoms with Crippen molar-refractivity contribution in [3.63, 3.8) is 0 Å². The molecule has 26 heavy (non-hydrogen) atoms. The van der Waals surface area contributed by atoms with Gasteiger partial charge in [-0.3, -0.25) is 9.30 Å². The van der Waals surface area contributed by atoms with Crippen LogP contribution in [0.4, 0.5) is 5.69 Å². The smallest absolute Gasteiger partial charge is 0.350 e. The van der Waals surface area contributed by atoms with Crippen LogP contribution in [-0.2, 0) is 6.54 Å². The van der Waals surface area contributed by atoms with Gasteiger partial charge < -0.3 is 10.0 Å². The van der Waals surface area contributed by atoms with Gasteiger partial charge in [-0.1, -0.05) is 12.1 Å². The number of benzene rings is 1. The first kappa shape index (κ1) is 16.7. The molecule has 0 spiro atoms. The first-order valence-corrected chi connectivity index (χ1v) is 9.01. The quantitative estimate of drug-likeness (QED) is 0.751. The SMILES string of the molecule is O=c1n(CCCN2CCN(c3cccc(O)c3)CC2)nc2ccccn12. The molecule has 0 amide bonds. The number of pyridine rings is 1. The van der Waals surface area contributed by atoms with Gasteiger partial charge in [-0.2, -0.15) is 0 Å². The van der Waals surface area contributed by atoms with Crippen LogP contribution < -0.4 is 10.6 Å². The molecule has 1 N–H and O–H groups in total. The number of piperazine rings is 1. The molecule has 136 valence electrons. The minimum absolute atomic E-state index is 0.0747. The highest BCUT2D eigenvalue weighted by molar-refractivity contribution is 5.50. The molecule has 3 heterocycles. The van der Waals surface area contributed by atoms with E-state index in [0.29, 0.717) is 17.9 Å². The molecule has 7 heteroatoms. The lowest BCUT2D eigenvalue weighted by Gasteiger charge is -2.36. The Hall–Kier alpha value is -2.80. The average molecular weight is 353 g/mol. The Kier molecular flexibility index (Phi) is 4.62. The van der Waals surface area contributed by atoms with E-state index in [1.165, 1.54) is 0 Å². The van der Waals surface area contributed by atoms with E-state index in [1.54, 1.807) is 21.3 Å². The lowest BCUT2D eigenvalue weighted by molar-refractivity contribution is 0.248. The third-order valence-electron chi connectivity index (χ3n) is 4.90. The summed E-state index contributed by atoms with van der Waals surface area (Å²) >= 11 is 0. The van der Waals surface area contributed by atoms with Crippen molar-refractivity contribution in [3.8, 4) is 5.75 Å². The van der Waals surface area contributed by atoms with Crippen LogP contribution in [0.1, 0.15) is 6.42 Å². The predicted molar refractivity (Wildman–Crippen MR) is 101 cm³/mol. The van der Waals surface area contributed by atoms with Gasteiger partial charge in [-0.25, -0.2) is 9.48 Å². The number of aromatic nitrogens is 3. The third-order valence-corrected chi connectivity index (χ3v) is 4.90.